The van der Waals surface area contributed by atoms with Crippen molar-refractivity contribution < 1.29 is 37.3 Å². The zero-order valence-corrected chi connectivity index (χ0v) is 17.4. The number of aliphatic carboxylic acids is 1. The van der Waals surface area contributed by atoms with Crippen molar-refractivity contribution in [2.75, 3.05) is 40.0 Å². The number of nitrogens with zero attached hydrogens (tertiary/aromatic N) is 2. The number of thiazole rings is 1. The van der Waals surface area contributed by atoms with Crippen LogP contribution in [0.4, 0.5) is 13.2 Å². The van der Waals surface area contributed by atoms with Crippen LogP contribution >= 0.6 is 11.3 Å². The summed E-state index contributed by atoms with van der Waals surface area (Å²) in [5, 5.41) is 13.3. The van der Waals surface area contributed by atoms with E-state index in [4.69, 9.17) is 19.4 Å². The Bertz CT molecular complexity index is 675. The van der Waals surface area contributed by atoms with E-state index in [1.54, 1.807) is 18.4 Å². The Morgan fingerprint density at radius 3 is 2.77 bits per heavy atom. The van der Waals surface area contributed by atoms with Crippen molar-refractivity contribution in [2.24, 2.45) is 11.8 Å². The highest BCUT2D eigenvalue weighted by molar-refractivity contribution is 7.09. The third kappa shape index (κ3) is 7.49. The summed E-state index contributed by atoms with van der Waals surface area (Å²) in [6.07, 6.45) is -1.21. The van der Waals surface area contributed by atoms with Crippen LogP contribution in [-0.2, 0) is 25.6 Å². The summed E-state index contributed by atoms with van der Waals surface area (Å²) >= 11 is 1.69. The number of aromatic nitrogens is 1. The summed E-state index contributed by atoms with van der Waals surface area (Å²) in [6, 6.07) is 0. The van der Waals surface area contributed by atoms with E-state index < -0.39 is 12.1 Å². The van der Waals surface area contributed by atoms with Crippen LogP contribution in [0.25, 0.3) is 0 Å². The quantitative estimate of drug-likeness (QED) is 0.633. The van der Waals surface area contributed by atoms with E-state index in [1.807, 2.05) is 11.6 Å². The van der Waals surface area contributed by atoms with Gasteiger partial charge in [0.25, 0.3) is 0 Å². The van der Waals surface area contributed by atoms with Gasteiger partial charge in [0.05, 0.1) is 19.3 Å². The number of piperidine rings is 1. The van der Waals surface area contributed by atoms with Gasteiger partial charge < -0.3 is 19.9 Å². The van der Waals surface area contributed by atoms with E-state index in [0.29, 0.717) is 19.8 Å². The third-order valence-electron chi connectivity index (χ3n) is 4.98. The number of carboxylic acids is 1. The number of halogens is 3. The standard InChI is InChI=1S/C16H25N3O3S.C2HF3O2/c1-21-8-4-18-16(20)12-3-7-22-14-2-6-19(10-13(12)14)11-15-17-5-9-23-15;3-2(4,5)1(6)7/h5,9,12-14H,2-4,6-8,10-11H2,1H3,(H,18,20);(H,6,7)/t12-,13+,14-;/m1./s1. The first-order chi connectivity index (χ1) is 14.2. The molecule has 0 spiro atoms. The van der Waals surface area contributed by atoms with E-state index in [1.165, 1.54) is 0 Å². The zero-order chi connectivity index (χ0) is 22.1. The van der Waals surface area contributed by atoms with Crippen molar-refractivity contribution in [3.05, 3.63) is 16.6 Å². The Hall–Kier alpha value is -1.76. The van der Waals surface area contributed by atoms with E-state index in [0.717, 1.165) is 37.5 Å². The van der Waals surface area contributed by atoms with E-state index in [9.17, 15) is 18.0 Å². The highest BCUT2D eigenvalue weighted by Crippen LogP contribution is 2.33. The van der Waals surface area contributed by atoms with Crippen molar-refractivity contribution in [2.45, 2.75) is 31.7 Å². The minimum absolute atomic E-state index is 0.0460. The topological polar surface area (TPSA) is 101 Å². The highest BCUT2D eigenvalue weighted by atomic mass is 32.1. The number of amides is 1. The molecule has 3 atom stereocenters. The maximum absolute atomic E-state index is 12.5. The fourth-order valence-corrected chi connectivity index (χ4v) is 4.24. The monoisotopic (exact) mass is 453 g/mol. The minimum atomic E-state index is -5.08. The first-order valence-electron chi connectivity index (χ1n) is 9.51. The van der Waals surface area contributed by atoms with Gasteiger partial charge in [-0.3, -0.25) is 9.69 Å². The van der Waals surface area contributed by atoms with Crippen LogP contribution < -0.4 is 5.32 Å². The number of carbonyl (C=O) groups excluding carboxylic acids is 1. The molecule has 2 fully saturated rings. The Balaban J connectivity index is 0.000000396. The Labute approximate surface area is 176 Å². The van der Waals surface area contributed by atoms with Crippen molar-refractivity contribution in [3.63, 3.8) is 0 Å². The van der Waals surface area contributed by atoms with Gasteiger partial charge in [0.15, 0.2) is 0 Å². The molecule has 3 heterocycles. The minimum Gasteiger partial charge on any atom is -0.475 e. The number of fused-ring (bicyclic) bond motifs is 1. The van der Waals surface area contributed by atoms with Crippen LogP contribution in [-0.4, -0.2) is 79.1 Å². The van der Waals surface area contributed by atoms with Gasteiger partial charge >= 0.3 is 12.1 Å². The second-order valence-electron chi connectivity index (χ2n) is 7.00. The number of likely N-dealkylation sites (tertiary alicyclic amines) is 1. The molecule has 2 N–H and O–H groups in total. The van der Waals surface area contributed by atoms with Crippen LogP contribution in [0, 0.1) is 11.8 Å². The number of hydrogen-bond acceptors (Lipinski definition) is 7. The van der Waals surface area contributed by atoms with Gasteiger partial charge in [0.1, 0.15) is 5.01 Å². The van der Waals surface area contributed by atoms with Crippen LogP contribution in [0.1, 0.15) is 17.8 Å². The molecule has 0 bridgehead atoms. The van der Waals surface area contributed by atoms with E-state index in [-0.39, 0.29) is 23.8 Å². The summed E-state index contributed by atoms with van der Waals surface area (Å²) < 4.78 is 42.7. The molecule has 0 aliphatic carbocycles. The molecule has 1 amide bonds. The van der Waals surface area contributed by atoms with Gasteiger partial charge in [-0.05, 0) is 12.8 Å². The summed E-state index contributed by atoms with van der Waals surface area (Å²) in [4.78, 5) is 28.2. The molecule has 0 unspecified atom stereocenters. The Morgan fingerprint density at radius 2 is 2.17 bits per heavy atom. The van der Waals surface area contributed by atoms with E-state index in [2.05, 4.69) is 15.2 Å². The predicted molar refractivity (Wildman–Crippen MR) is 102 cm³/mol. The Morgan fingerprint density at radius 1 is 1.43 bits per heavy atom. The molecule has 12 heteroatoms. The van der Waals surface area contributed by atoms with Crippen molar-refractivity contribution in [1.29, 1.82) is 0 Å². The molecular formula is C18H26F3N3O5S. The smallest absolute Gasteiger partial charge is 0.475 e. The Kier molecular flexibility index (Phi) is 9.46. The second kappa shape index (κ2) is 11.6. The van der Waals surface area contributed by atoms with Crippen LogP contribution in [0.15, 0.2) is 11.6 Å². The lowest BCUT2D eigenvalue weighted by atomic mass is 9.79. The molecule has 170 valence electrons. The molecule has 0 aromatic carbocycles. The number of alkyl halides is 3. The maximum Gasteiger partial charge on any atom is 0.490 e. The first kappa shape index (κ1) is 24.5. The van der Waals surface area contributed by atoms with Crippen LogP contribution in [0.3, 0.4) is 0 Å². The number of hydrogen-bond donors (Lipinski definition) is 2. The van der Waals surface area contributed by atoms with Gasteiger partial charge in [-0.2, -0.15) is 13.2 Å². The zero-order valence-electron chi connectivity index (χ0n) is 16.6. The number of ether oxygens (including phenoxy) is 2. The molecule has 3 rings (SSSR count). The molecule has 8 nitrogen and oxygen atoms in total. The van der Waals surface area contributed by atoms with Gasteiger partial charge in [-0.15, -0.1) is 11.3 Å². The molecule has 2 saturated heterocycles. The van der Waals surface area contributed by atoms with Crippen LogP contribution in [0.2, 0.25) is 0 Å². The first-order valence-corrected chi connectivity index (χ1v) is 10.4. The molecular weight excluding hydrogens is 427 g/mol. The fraction of sp³-hybridized carbons (Fsp3) is 0.722. The van der Waals surface area contributed by atoms with Crippen molar-refractivity contribution >= 4 is 23.2 Å². The summed E-state index contributed by atoms with van der Waals surface area (Å²) in [7, 11) is 1.65. The predicted octanol–water partition coefficient (Wildman–Crippen LogP) is 1.77. The molecule has 0 saturated carbocycles. The third-order valence-corrected chi connectivity index (χ3v) is 5.75. The molecule has 0 radical (unpaired) electrons. The molecule has 1 aromatic rings. The van der Waals surface area contributed by atoms with Gasteiger partial charge in [0, 0.05) is 56.8 Å². The van der Waals surface area contributed by atoms with Crippen LogP contribution in [0.5, 0.6) is 0 Å². The lowest BCUT2D eigenvalue weighted by Crippen LogP contribution is -2.53. The second-order valence-corrected chi connectivity index (χ2v) is 7.98. The summed E-state index contributed by atoms with van der Waals surface area (Å²) in [5.74, 6) is -2.28. The van der Waals surface area contributed by atoms with Gasteiger partial charge in [0.2, 0.25) is 5.91 Å². The number of carbonyl (C=O) groups is 2. The highest BCUT2D eigenvalue weighted by Gasteiger charge is 2.41. The van der Waals surface area contributed by atoms with Crippen molar-refractivity contribution in [1.82, 2.24) is 15.2 Å². The number of methoxy groups -OCH3 is 1. The van der Waals surface area contributed by atoms with Gasteiger partial charge in [-0.25, -0.2) is 9.78 Å². The van der Waals surface area contributed by atoms with E-state index >= 15 is 0 Å². The number of rotatable bonds is 6. The molecule has 2 aliphatic rings. The summed E-state index contributed by atoms with van der Waals surface area (Å²) in [6.45, 7) is 4.62. The molecule has 30 heavy (non-hydrogen) atoms. The normalized spacial score (nSPS) is 24.3. The average molecular weight is 453 g/mol. The van der Waals surface area contributed by atoms with Gasteiger partial charge in [-0.1, -0.05) is 0 Å². The SMILES string of the molecule is COCCNC(=O)[C@@H]1CCO[C@@H]2CCN(Cc3nccs3)C[C@H]21.O=C(O)C(F)(F)F. The number of nitrogens with one attached hydrogen (secondary N) is 1. The fourth-order valence-electron chi connectivity index (χ4n) is 3.58. The maximum atomic E-state index is 12.5. The average Bonchev–Trinajstić information content (AvgIpc) is 3.20. The summed E-state index contributed by atoms with van der Waals surface area (Å²) in [5.41, 5.74) is 0. The lowest BCUT2D eigenvalue weighted by molar-refractivity contribution is -0.192. The molecule has 2 aliphatic heterocycles. The lowest BCUT2D eigenvalue weighted by Gasteiger charge is -2.44. The molecule has 1 aromatic heterocycles. The largest absolute Gasteiger partial charge is 0.490 e. The van der Waals surface area contributed by atoms with Crippen molar-refractivity contribution in [3.8, 4) is 0 Å². The number of carboxylic acid groups (broad SMARTS) is 1.